The Bertz CT molecular complexity index is 1020. The van der Waals surface area contributed by atoms with Crippen molar-refractivity contribution in [2.45, 2.75) is 32.1 Å². The van der Waals surface area contributed by atoms with Crippen LogP contribution in [-0.4, -0.2) is 16.8 Å². The molecule has 1 aliphatic rings. The number of aromatic amines is 1. The third-order valence-corrected chi connectivity index (χ3v) is 5.00. The minimum Gasteiger partial charge on any atom is -0.358 e. The van der Waals surface area contributed by atoms with Crippen LogP contribution in [0.15, 0.2) is 48.5 Å². The Morgan fingerprint density at radius 3 is 2.38 bits per heavy atom. The van der Waals surface area contributed by atoms with Crippen LogP contribution in [0.4, 0.5) is 11.4 Å². The molecule has 5 heteroatoms. The molecule has 1 saturated carbocycles. The molecule has 2 amide bonds. The quantitative estimate of drug-likeness (QED) is 0.664. The molecule has 5 nitrogen and oxygen atoms in total. The highest BCUT2D eigenvalue weighted by Gasteiger charge is 2.53. The number of rotatable bonds is 4. The molecular formula is C21H21N3O2. The molecule has 1 fully saturated rings. The highest BCUT2D eigenvalue weighted by Crippen LogP contribution is 2.52. The number of anilines is 2. The number of para-hydroxylation sites is 1. The zero-order valence-corrected chi connectivity index (χ0v) is 14.8. The lowest BCUT2D eigenvalue weighted by molar-refractivity contribution is -0.118. The normalized spacial score (nSPS) is 14.8. The van der Waals surface area contributed by atoms with Crippen LogP contribution in [-0.2, 0) is 15.0 Å². The summed E-state index contributed by atoms with van der Waals surface area (Å²) in [5, 5.41) is 6.89. The van der Waals surface area contributed by atoms with Crippen molar-refractivity contribution in [3.8, 4) is 0 Å². The first kappa shape index (κ1) is 16.4. The van der Waals surface area contributed by atoms with Crippen molar-refractivity contribution in [3.63, 3.8) is 0 Å². The second kappa shape index (κ2) is 6.02. The van der Waals surface area contributed by atoms with Gasteiger partial charge in [-0.3, -0.25) is 9.59 Å². The Kier molecular flexibility index (Phi) is 3.80. The average Bonchev–Trinajstić information content (AvgIpc) is 3.31. The van der Waals surface area contributed by atoms with Gasteiger partial charge in [0.25, 0.3) is 0 Å². The van der Waals surface area contributed by atoms with Crippen molar-refractivity contribution in [1.82, 2.24) is 4.98 Å². The van der Waals surface area contributed by atoms with Gasteiger partial charge in [0.1, 0.15) is 0 Å². The first-order valence-electron chi connectivity index (χ1n) is 8.76. The van der Waals surface area contributed by atoms with Crippen LogP contribution >= 0.6 is 0 Å². The third kappa shape index (κ3) is 2.75. The number of aromatic nitrogens is 1. The standard InChI is InChI=1S/C21H21N3O2/c1-13-19(17-8-3-4-9-18(17)22-13)21(10-11-21)20(26)24-16-7-5-6-15(12-16)23-14(2)25/h3-9,12,22H,10-11H2,1-2H3,(H,23,25)(H,24,26). The monoisotopic (exact) mass is 347 g/mol. The second-order valence-corrected chi connectivity index (χ2v) is 6.97. The number of carbonyl (C=O) groups is 2. The highest BCUT2D eigenvalue weighted by atomic mass is 16.2. The topological polar surface area (TPSA) is 74.0 Å². The van der Waals surface area contributed by atoms with E-state index in [-0.39, 0.29) is 11.8 Å². The minimum absolute atomic E-state index is 0.00493. The van der Waals surface area contributed by atoms with Crippen LogP contribution in [0.2, 0.25) is 0 Å². The van der Waals surface area contributed by atoms with Gasteiger partial charge >= 0.3 is 0 Å². The van der Waals surface area contributed by atoms with E-state index in [1.165, 1.54) is 6.92 Å². The smallest absolute Gasteiger partial charge is 0.235 e. The summed E-state index contributed by atoms with van der Waals surface area (Å²) < 4.78 is 0. The number of carbonyl (C=O) groups excluding carboxylic acids is 2. The van der Waals surface area contributed by atoms with Gasteiger partial charge in [0, 0.05) is 34.9 Å². The SMILES string of the molecule is CC(=O)Nc1cccc(NC(=O)C2(c3c(C)[nH]c4ccccc34)CC2)c1. The molecule has 1 aromatic heterocycles. The number of fused-ring (bicyclic) bond motifs is 1. The molecule has 0 saturated heterocycles. The van der Waals surface area contributed by atoms with E-state index in [0.29, 0.717) is 11.4 Å². The summed E-state index contributed by atoms with van der Waals surface area (Å²) >= 11 is 0. The summed E-state index contributed by atoms with van der Waals surface area (Å²) in [5.74, 6) is -0.133. The van der Waals surface area contributed by atoms with Crippen molar-refractivity contribution in [2.24, 2.45) is 0 Å². The van der Waals surface area contributed by atoms with Crippen LogP contribution in [0.25, 0.3) is 10.9 Å². The molecule has 3 aromatic rings. The summed E-state index contributed by atoms with van der Waals surface area (Å²) in [4.78, 5) is 27.7. The van der Waals surface area contributed by atoms with Crippen LogP contribution in [0.1, 0.15) is 31.0 Å². The van der Waals surface area contributed by atoms with Crippen LogP contribution in [0.3, 0.4) is 0 Å². The summed E-state index contributed by atoms with van der Waals surface area (Å²) in [6, 6.07) is 15.3. The summed E-state index contributed by atoms with van der Waals surface area (Å²) in [7, 11) is 0. The average molecular weight is 347 g/mol. The van der Waals surface area contributed by atoms with Gasteiger partial charge in [-0.15, -0.1) is 0 Å². The molecule has 3 N–H and O–H groups in total. The predicted molar refractivity (Wildman–Crippen MR) is 103 cm³/mol. The Morgan fingerprint density at radius 2 is 1.69 bits per heavy atom. The van der Waals surface area contributed by atoms with Gasteiger partial charge in [-0.05, 0) is 49.6 Å². The van der Waals surface area contributed by atoms with Crippen LogP contribution in [0, 0.1) is 6.92 Å². The van der Waals surface area contributed by atoms with E-state index in [1.54, 1.807) is 12.1 Å². The van der Waals surface area contributed by atoms with Gasteiger partial charge in [0.15, 0.2) is 0 Å². The number of aryl methyl sites for hydroxylation is 1. The number of amides is 2. The maximum absolute atomic E-state index is 13.1. The largest absolute Gasteiger partial charge is 0.358 e. The molecule has 0 bridgehead atoms. The summed E-state index contributed by atoms with van der Waals surface area (Å²) in [6.45, 7) is 3.49. The summed E-state index contributed by atoms with van der Waals surface area (Å²) in [5.41, 5.74) is 4.09. The van der Waals surface area contributed by atoms with Gasteiger partial charge in [-0.25, -0.2) is 0 Å². The predicted octanol–water partition coefficient (Wildman–Crippen LogP) is 4.11. The molecule has 2 aromatic carbocycles. The van der Waals surface area contributed by atoms with Crippen molar-refractivity contribution in [1.29, 1.82) is 0 Å². The lowest BCUT2D eigenvalue weighted by Gasteiger charge is -2.17. The fourth-order valence-corrected chi connectivity index (χ4v) is 3.74. The highest BCUT2D eigenvalue weighted by molar-refractivity contribution is 6.05. The maximum atomic E-state index is 13.1. The van der Waals surface area contributed by atoms with E-state index >= 15 is 0 Å². The van der Waals surface area contributed by atoms with Crippen molar-refractivity contribution < 1.29 is 9.59 Å². The Hall–Kier alpha value is -3.08. The van der Waals surface area contributed by atoms with Crippen LogP contribution < -0.4 is 10.6 Å². The van der Waals surface area contributed by atoms with Gasteiger partial charge in [-0.2, -0.15) is 0 Å². The number of hydrogen-bond donors (Lipinski definition) is 3. The molecule has 0 unspecified atom stereocenters. The molecule has 4 rings (SSSR count). The Morgan fingerprint density at radius 1 is 1.00 bits per heavy atom. The molecule has 0 spiro atoms. The lowest BCUT2D eigenvalue weighted by Crippen LogP contribution is -2.28. The first-order valence-corrected chi connectivity index (χ1v) is 8.76. The van der Waals surface area contributed by atoms with E-state index in [0.717, 1.165) is 35.0 Å². The van der Waals surface area contributed by atoms with Gasteiger partial charge in [0.2, 0.25) is 11.8 Å². The number of benzene rings is 2. The number of nitrogens with one attached hydrogen (secondary N) is 3. The molecule has 0 aliphatic heterocycles. The van der Waals surface area contributed by atoms with Gasteiger partial charge < -0.3 is 15.6 Å². The van der Waals surface area contributed by atoms with Crippen molar-refractivity contribution in [3.05, 3.63) is 59.8 Å². The molecule has 26 heavy (non-hydrogen) atoms. The Balaban J connectivity index is 1.64. The van der Waals surface area contributed by atoms with E-state index in [4.69, 9.17) is 0 Å². The summed E-state index contributed by atoms with van der Waals surface area (Å²) in [6.07, 6.45) is 1.68. The lowest BCUT2D eigenvalue weighted by atomic mass is 9.92. The Labute approximate surface area is 151 Å². The van der Waals surface area contributed by atoms with E-state index < -0.39 is 5.41 Å². The number of H-pyrrole nitrogens is 1. The number of hydrogen-bond acceptors (Lipinski definition) is 2. The van der Waals surface area contributed by atoms with E-state index in [2.05, 4.69) is 21.7 Å². The molecule has 1 heterocycles. The van der Waals surface area contributed by atoms with Gasteiger partial charge in [-0.1, -0.05) is 24.3 Å². The molecular weight excluding hydrogens is 326 g/mol. The molecule has 0 radical (unpaired) electrons. The van der Waals surface area contributed by atoms with E-state index in [9.17, 15) is 9.59 Å². The zero-order chi connectivity index (χ0) is 18.3. The fourth-order valence-electron chi connectivity index (χ4n) is 3.74. The van der Waals surface area contributed by atoms with Crippen molar-refractivity contribution >= 4 is 34.1 Å². The minimum atomic E-state index is -0.478. The third-order valence-electron chi connectivity index (χ3n) is 5.00. The second-order valence-electron chi connectivity index (χ2n) is 6.97. The van der Waals surface area contributed by atoms with Crippen molar-refractivity contribution in [2.75, 3.05) is 10.6 Å². The van der Waals surface area contributed by atoms with Crippen LogP contribution in [0.5, 0.6) is 0 Å². The molecule has 0 atom stereocenters. The first-order chi connectivity index (χ1) is 12.5. The molecule has 132 valence electrons. The molecule has 1 aliphatic carbocycles. The fraction of sp³-hybridized carbons (Fsp3) is 0.238. The van der Waals surface area contributed by atoms with E-state index in [1.807, 2.05) is 37.3 Å². The maximum Gasteiger partial charge on any atom is 0.235 e. The zero-order valence-electron chi connectivity index (χ0n) is 14.8. The van der Waals surface area contributed by atoms with Gasteiger partial charge in [0.05, 0.1) is 5.41 Å².